The van der Waals surface area contributed by atoms with E-state index in [0.29, 0.717) is 25.2 Å². The van der Waals surface area contributed by atoms with E-state index in [-0.39, 0.29) is 6.10 Å². The maximum atomic E-state index is 6.13. The van der Waals surface area contributed by atoms with Crippen molar-refractivity contribution in [3.05, 3.63) is 29.3 Å². The van der Waals surface area contributed by atoms with E-state index in [1.165, 1.54) is 44.1 Å². The summed E-state index contributed by atoms with van der Waals surface area (Å²) in [6.07, 6.45) is 8.71. The fourth-order valence-electron chi connectivity index (χ4n) is 3.54. The van der Waals surface area contributed by atoms with Crippen molar-refractivity contribution in [1.29, 1.82) is 0 Å². The van der Waals surface area contributed by atoms with Gasteiger partial charge in [0.25, 0.3) is 0 Å². The molecule has 25 heavy (non-hydrogen) atoms. The number of aliphatic imine (C=N–C) groups is 1. The summed E-state index contributed by atoms with van der Waals surface area (Å²) in [6, 6.07) is 6.73. The Bertz CT molecular complexity index is 574. The van der Waals surface area contributed by atoms with Crippen LogP contribution in [0, 0.1) is 6.92 Å². The molecule has 0 bridgehead atoms. The summed E-state index contributed by atoms with van der Waals surface area (Å²) in [6.45, 7) is 4.06. The zero-order valence-corrected chi connectivity index (χ0v) is 15.3. The van der Waals surface area contributed by atoms with Gasteiger partial charge < -0.3 is 20.5 Å². The van der Waals surface area contributed by atoms with Crippen LogP contribution in [-0.4, -0.2) is 31.3 Å². The van der Waals surface area contributed by atoms with Gasteiger partial charge in [-0.1, -0.05) is 37.8 Å². The molecule has 0 radical (unpaired) electrons. The number of aryl methyl sites for hydroxylation is 1. The summed E-state index contributed by atoms with van der Waals surface area (Å²) in [5.41, 5.74) is 8.38. The highest BCUT2D eigenvalue weighted by atomic mass is 16.5. The Morgan fingerprint density at radius 1 is 1.24 bits per heavy atom. The Hall–Kier alpha value is -1.75. The Morgan fingerprint density at radius 3 is 2.76 bits per heavy atom. The van der Waals surface area contributed by atoms with Gasteiger partial charge in [0.15, 0.2) is 5.96 Å². The summed E-state index contributed by atoms with van der Waals surface area (Å²) < 4.78 is 11.5. The van der Waals surface area contributed by atoms with Gasteiger partial charge in [-0.3, -0.25) is 0 Å². The van der Waals surface area contributed by atoms with Crippen molar-refractivity contribution in [2.24, 2.45) is 10.7 Å². The van der Waals surface area contributed by atoms with Gasteiger partial charge in [0.2, 0.25) is 0 Å². The van der Waals surface area contributed by atoms with Crippen molar-refractivity contribution in [2.75, 3.05) is 13.2 Å². The lowest BCUT2D eigenvalue weighted by Crippen LogP contribution is -2.39. The Kier molecular flexibility index (Phi) is 6.56. The molecule has 1 atom stereocenters. The highest BCUT2D eigenvalue weighted by molar-refractivity contribution is 5.78. The molecule has 0 spiro atoms. The van der Waals surface area contributed by atoms with Gasteiger partial charge >= 0.3 is 0 Å². The smallest absolute Gasteiger partial charge is 0.189 e. The molecule has 3 rings (SSSR count). The lowest BCUT2D eigenvalue weighted by atomic mass is 10.1. The maximum Gasteiger partial charge on any atom is 0.189 e. The van der Waals surface area contributed by atoms with Crippen LogP contribution in [0.1, 0.15) is 56.1 Å². The average Bonchev–Trinajstić information content (AvgIpc) is 2.97. The van der Waals surface area contributed by atoms with Crippen LogP contribution in [0.15, 0.2) is 23.2 Å². The Morgan fingerprint density at radius 2 is 2.04 bits per heavy atom. The highest BCUT2D eigenvalue weighted by Gasteiger charge is 2.19. The Labute approximate surface area is 151 Å². The van der Waals surface area contributed by atoms with Crippen LogP contribution in [0.5, 0.6) is 5.75 Å². The first-order valence-electron chi connectivity index (χ1n) is 9.61. The first-order valence-corrected chi connectivity index (χ1v) is 9.61. The van der Waals surface area contributed by atoms with Gasteiger partial charge in [-0.2, -0.15) is 0 Å². The van der Waals surface area contributed by atoms with Crippen LogP contribution in [0.25, 0.3) is 0 Å². The quantitative estimate of drug-likeness (QED) is 0.488. The van der Waals surface area contributed by atoms with Crippen LogP contribution in [0.2, 0.25) is 0 Å². The van der Waals surface area contributed by atoms with Crippen molar-refractivity contribution >= 4 is 5.96 Å². The van der Waals surface area contributed by atoms with Crippen LogP contribution in [0.4, 0.5) is 0 Å². The van der Waals surface area contributed by atoms with E-state index in [9.17, 15) is 0 Å². The fraction of sp³-hybridized carbons (Fsp3) is 0.650. The first kappa shape index (κ1) is 18.1. The molecule has 1 saturated heterocycles. The number of nitrogens with one attached hydrogen (secondary N) is 1. The molecule has 2 aliphatic rings. The average molecular weight is 345 g/mol. The number of hydrogen-bond acceptors (Lipinski definition) is 3. The van der Waals surface area contributed by atoms with Crippen molar-refractivity contribution in [3.8, 4) is 5.75 Å². The molecule has 1 aromatic rings. The van der Waals surface area contributed by atoms with E-state index >= 15 is 0 Å². The minimum Gasteiger partial charge on any atom is -0.488 e. The van der Waals surface area contributed by atoms with Crippen molar-refractivity contribution in [1.82, 2.24) is 5.32 Å². The summed E-state index contributed by atoms with van der Waals surface area (Å²) in [5.74, 6) is 1.45. The van der Waals surface area contributed by atoms with Crippen molar-refractivity contribution in [2.45, 2.75) is 70.6 Å². The van der Waals surface area contributed by atoms with Crippen LogP contribution < -0.4 is 15.8 Å². The number of rotatable bonds is 5. The minimum absolute atomic E-state index is 0.144. The van der Waals surface area contributed by atoms with Gasteiger partial charge in [-0.25, -0.2) is 4.99 Å². The third-order valence-electron chi connectivity index (χ3n) is 5.03. The standard InChI is InChI=1S/C20H31N3O2/c1-15-8-9-16(19(12-15)25-18-10-11-24-14-18)13-22-20(21)23-17-6-4-2-3-5-7-17/h8-9,12,17-18H,2-7,10-11,13-14H2,1H3,(H3,21,22,23). The first-order chi connectivity index (χ1) is 12.2. The molecule has 3 N–H and O–H groups in total. The normalized spacial score (nSPS) is 22.6. The molecule has 138 valence electrons. The maximum absolute atomic E-state index is 6.13. The molecular formula is C20H31N3O2. The zero-order valence-electron chi connectivity index (χ0n) is 15.3. The number of hydrogen-bond donors (Lipinski definition) is 2. The molecule has 1 aromatic carbocycles. The highest BCUT2D eigenvalue weighted by Crippen LogP contribution is 2.24. The van der Waals surface area contributed by atoms with Crippen LogP contribution >= 0.6 is 0 Å². The Balaban J connectivity index is 1.60. The fourth-order valence-corrected chi connectivity index (χ4v) is 3.54. The van der Waals surface area contributed by atoms with E-state index < -0.39 is 0 Å². The van der Waals surface area contributed by atoms with Gasteiger partial charge in [0, 0.05) is 18.0 Å². The third kappa shape index (κ3) is 5.63. The summed E-state index contributed by atoms with van der Waals surface area (Å²) in [5, 5.41) is 3.40. The van der Waals surface area contributed by atoms with Crippen molar-refractivity contribution < 1.29 is 9.47 Å². The predicted molar refractivity (Wildman–Crippen MR) is 101 cm³/mol. The van der Waals surface area contributed by atoms with E-state index in [0.717, 1.165) is 24.3 Å². The SMILES string of the molecule is Cc1ccc(CN=C(N)NC2CCCCCC2)c(OC2CCOC2)c1. The van der Waals surface area contributed by atoms with Gasteiger partial charge in [0.05, 0.1) is 19.8 Å². The second-order valence-electron chi connectivity index (χ2n) is 7.25. The van der Waals surface area contributed by atoms with Crippen LogP contribution in [-0.2, 0) is 11.3 Å². The molecule has 1 unspecified atom stereocenters. The van der Waals surface area contributed by atoms with E-state index in [1.807, 2.05) is 0 Å². The van der Waals surface area contributed by atoms with Crippen molar-refractivity contribution in [3.63, 3.8) is 0 Å². The number of guanidine groups is 1. The molecule has 1 heterocycles. The number of benzene rings is 1. The predicted octanol–water partition coefficient (Wildman–Crippen LogP) is 3.29. The van der Waals surface area contributed by atoms with E-state index in [4.69, 9.17) is 15.2 Å². The number of nitrogens with two attached hydrogens (primary N) is 1. The molecule has 1 aliphatic carbocycles. The minimum atomic E-state index is 0.144. The van der Waals surface area contributed by atoms with Crippen LogP contribution in [0.3, 0.4) is 0 Å². The summed E-state index contributed by atoms with van der Waals surface area (Å²) in [4.78, 5) is 4.56. The molecular weight excluding hydrogens is 314 g/mol. The zero-order chi connectivity index (χ0) is 17.5. The van der Waals surface area contributed by atoms with Gasteiger partial charge in [-0.05, 0) is 31.4 Å². The molecule has 5 heteroatoms. The van der Waals surface area contributed by atoms with Gasteiger partial charge in [-0.15, -0.1) is 0 Å². The molecule has 2 fully saturated rings. The summed E-state index contributed by atoms with van der Waals surface area (Å²) >= 11 is 0. The number of ether oxygens (including phenoxy) is 2. The molecule has 0 aromatic heterocycles. The topological polar surface area (TPSA) is 68.9 Å². The monoisotopic (exact) mass is 345 g/mol. The van der Waals surface area contributed by atoms with Gasteiger partial charge in [0.1, 0.15) is 11.9 Å². The second-order valence-corrected chi connectivity index (χ2v) is 7.25. The lowest BCUT2D eigenvalue weighted by molar-refractivity contribution is 0.140. The largest absolute Gasteiger partial charge is 0.488 e. The molecule has 1 aliphatic heterocycles. The lowest BCUT2D eigenvalue weighted by Gasteiger charge is -2.18. The number of nitrogens with zero attached hydrogens (tertiary/aromatic N) is 1. The molecule has 5 nitrogen and oxygen atoms in total. The van der Waals surface area contributed by atoms with E-state index in [2.05, 4.69) is 35.4 Å². The second kappa shape index (κ2) is 9.09. The third-order valence-corrected chi connectivity index (χ3v) is 5.03. The van der Waals surface area contributed by atoms with E-state index in [1.54, 1.807) is 0 Å². The molecule has 1 saturated carbocycles. The molecule has 0 amide bonds. The summed E-state index contributed by atoms with van der Waals surface area (Å²) in [7, 11) is 0.